The number of hydrogen-bond donors (Lipinski definition) is 1. The number of dihydropyridines is 1. The van der Waals surface area contributed by atoms with Gasteiger partial charge in [-0.2, -0.15) is 10.3 Å². The highest BCUT2D eigenvalue weighted by atomic mass is 19.1. The van der Waals surface area contributed by atoms with Gasteiger partial charge in [-0.3, -0.25) is 4.79 Å². The summed E-state index contributed by atoms with van der Waals surface area (Å²) < 4.78 is 20.1. The number of fused-ring (bicyclic) bond motifs is 5. The molecule has 2 aliphatic rings. The van der Waals surface area contributed by atoms with Crippen LogP contribution in [0, 0.1) is 23.1 Å². The number of rotatable bonds is 1. The number of aromatic nitrogens is 1. The second kappa shape index (κ2) is 8.54. The zero-order valence-electron chi connectivity index (χ0n) is 18.8. The van der Waals surface area contributed by atoms with Gasteiger partial charge in [-0.05, 0) is 37.1 Å². The first kappa shape index (κ1) is 22.3. The van der Waals surface area contributed by atoms with Crippen molar-refractivity contribution < 1.29 is 18.8 Å². The second-order valence-corrected chi connectivity index (χ2v) is 8.41. The molecule has 0 radical (unpaired) electrons. The van der Waals surface area contributed by atoms with Crippen LogP contribution in [0.4, 0.5) is 10.2 Å². The van der Waals surface area contributed by atoms with Crippen LogP contribution in [0.1, 0.15) is 54.8 Å². The maximum Gasteiger partial charge on any atom is 0.286 e. The van der Waals surface area contributed by atoms with E-state index in [1.165, 1.54) is 31.4 Å². The lowest BCUT2D eigenvalue weighted by atomic mass is 9.89. The van der Waals surface area contributed by atoms with Crippen molar-refractivity contribution in [3.8, 4) is 11.8 Å². The van der Waals surface area contributed by atoms with Crippen LogP contribution >= 0.6 is 0 Å². The molecule has 0 saturated carbocycles. The molecule has 1 aromatic carbocycles. The Morgan fingerprint density at radius 1 is 1.33 bits per heavy atom. The minimum absolute atomic E-state index is 0.124. The summed E-state index contributed by atoms with van der Waals surface area (Å²) in [6.45, 7) is 5.69. The first-order chi connectivity index (χ1) is 15.7. The number of carbonyl (C=O) groups is 1. The molecule has 0 aliphatic carbocycles. The fourth-order valence-corrected chi connectivity index (χ4v) is 3.90. The number of nitrogen functional groups attached to an aromatic ring is 1. The summed E-state index contributed by atoms with van der Waals surface area (Å²) in [4.78, 5) is 28.1. The van der Waals surface area contributed by atoms with Crippen LogP contribution in [0.2, 0.25) is 0 Å². The molecule has 170 valence electrons. The van der Waals surface area contributed by atoms with E-state index in [1.54, 1.807) is 13.0 Å². The molecule has 2 aliphatic heterocycles. The van der Waals surface area contributed by atoms with Crippen LogP contribution in [0.5, 0.6) is 5.75 Å². The standard InChI is InChI=1S/C24H24FN5O3/c1-12(2)19-7-14(10-26)21-15-8-20(22(27)28-11-15)32-13(3)18-9-16(25)5-6-17(18)24(31)30(4)33-23(21)29-19/h5-6,8-9,11-13,19H,7H2,1-4H3,(H2,27,28). The Kier molecular flexibility index (Phi) is 5.77. The number of nitriles is 1. The number of pyridine rings is 1. The van der Waals surface area contributed by atoms with Crippen LogP contribution in [0.3, 0.4) is 0 Å². The van der Waals surface area contributed by atoms with Crippen molar-refractivity contribution in [1.82, 2.24) is 10.0 Å². The van der Waals surface area contributed by atoms with Crippen LogP contribution in [0.15, 0.2) is 41.0 Å². The van der Waals surface area contributed by atoms with Gasteiger partial charge >= 0.3 is 0 Å². The normalized spacial score (nSPS) is 20.5. The average molecular weight is 449 g/mol. The summed E-state index contributed by atoms with van der Waals surface area (Å²) >= 11 is 0. The first-order valence-electron chi connectivity index (χ1n) is 10.6. The number of hydroxylamine groups is 2. The quantitative estimate of drug-likeness (QED) is 0.702. The van der Waals surface area contributed by atoms with Crippen LogP contribution < -0.4 is 10.5 Å². The van der Waals surface area contributed by atoms with E-state index in [1.807, 2.05) is 13.8 Å². The van der Waals surface area contributed by atoms with Gasteiger partial charge in [0.25, 0.3) is 11.8 Å². The summed E-state index contributed by atoms with van der Waals surface area (Å²) in [6, 6.07) is 7.54. The molecular weight excluding hydrogens is 425 g/mol. The number of amides is 1. The first-order valence-corrected chi connectivity index (χ1v) is 10.6. The van der Waals surface area contributed by atoms with Crippen molar-refractivity contribution in [2.45, 2.75) is 39.3 Å². The number of nitrogens with two attached hydrogens (primary N) is 1. The maximum atomic E-state index is 14.1. The van der Waals surface area contributed by atoms with E-state index >= 15 is 0 Å². The zero-order chi connectivity index (χ0) is 23.9. The lowest BCUT2D eigenvalue weighted by Crippen LogP contribution is -2.34. The molecule has 0 spiro atoms. The number of ether oxygens (including phenoxy) is 1. The van der Waals surface area contributed by atoms with E-state index in [4.69, 9.17) is 20.3 Å². The fourth-order valence-electron chi connectivity index (χ4n) is 3.90. The topological polar surface area (TPSA) is 114 Å². The summed E-state index contributed by atoms with van der Waals surface area (Å²) in [7, 11) is 1.45. The van der Waals surface area contributed by atoms with Gasteiger partial charge in [-0.15, -0.1) is 0 Å². The van der Waals surface area contributed by atoms with Gasteiger partial charge < -0.3 is 15.3 Å². The minimum atomic E-state index is -0.721. The molecule has 2 unspecified atom stereocenters. The molecule has 9 heteroatoms. The largest absolute Gasteiger partial charge is 0.482 e. The molecule has 0 fully saturated rings. The molecule has 2 aromatic rings. The van der Waals surface area contributed by atoms with Gasteiger partial charge in [0, 0.05) is 41.9 Å². The van der Waals surface area contributed by atoms with Crippen molar-refractivity contribution >= 4 is 23.2 Å². The summed E-state index contributed by atoms with van der Waals surface area (Å²) in [5.41, 5.74) is 7.99. The Bertz CT molecular complexity index is 1230. The average Bonchev–Trinajstić information content (AvgIpc) is 2.78. The van der Waals surface area contributed by atoms with Gasteiger partial charge in [0.15, 0.2) is 11.6 Å². The van der Waals surface area contributed by atoms with Crippen LogP contribution in [0.25, 0.3) is 5.57 Å². The molecule has 4 rings (SSSR count). The van der Waals surface area contributed by atoms with E-state index in [-0.39, 0.29) is 35.0 Å². The number of nitrogens with zero attached hydrogens (tertiary/aromatic N) is 4. The molecule has 3 heterocycles. The number of carbonyl (C=O) groups excluding carboxylic acids is 1. The van der Waals surface area contributed by atoms with Gasteiger partial charge in [0.05, 0.1) is 17.7 Å². The Hall–Kier alpha value is -3.93. The Labute approximate surface area is 191 Å². The summed E-state index contributed by atoms with van der Waals surface area (Å²) in [6.07, 6.45) is 1.21. The van der Waals surface area contributed by atoms with Crippen molar-refractivity contribution in [3.05, 3.63) is 58.5 Å². The summed E-state index contributed by atoms with van der Waals surface area (Å²) in [5, 5.41) is 10.9. The number of halogens is 1. The van der Waals surface area contributed by atoms with E-state index in [0.717, 1.165) is 5.06 Å². The predicted molar refractivity (Wildman–Crippen MR) is 120 cm³/mol. The molecule has 2 bridgehead atoms. The monoisotopic (exact) mass is 449 g/mol. The van der Waals surface area contributed by atoms with E-state index in [0.29, 0.717) is 28.7 Å². The second-order valence-electron chi connectivity index (χ2n) is 8.41. The van der Waals surface area contributed by atoms with Crippen molar-refractivity contribution in [2.75, 3.05) is 12.8 Å². The minimum Gasteiger partial charge on any atom is -0.482 e. The zero-order valence-corrected chi connectivity index (χ0v) is 18.8. The molecule has 0 saturated heterocycles. The van der Waals surface area contributed by atoms with Gasteiger partial charge in [-0.1, -0.05) is 13.8 Å². The summed E-state index contributed by atoms with van der Waals surface area (Å²) in [5.74, 6) is -0.385. The van der Waals surface area contributed by atoms with Gasteiger partial charge in [-0.25, -0.2) is 14.4 Å². The third kappa shape index (κ3) is 4.12. The van der Waals surface area contributed by atoms with Gasteiger partial charge in [0.1, 0.15) is 11.9 Å². The van der Waals surface area contributed by atoms with Crippen LogP contribution in [-0.4, -0.2) is 34.9 Å². The molecule has 33 heavy (non-hydrogen) atoms. The van der Waals surface area contributed by atoms with E-state index < -0.39 is 17.8 Å². The highest BCUT2D eigenvalue weighted by Gasteiger charge is 2.32. The van der Waals surface area contributed by atoms with E-state index in [9.17, 15) is 14.4 Å². The fraction of sp³-hybridized carbons (Fsp3) is 0.333. The third-order valence-corrected chi connectivity index (χ3v) is 5.78. The number of anilines is 1. The number of benzene rings is 1. The maximum absolute atomic E-state index is 14.1. The lowest BCUT2D eigenvalue weighted by Gasteiger charge is -2.29. The van der Waals surface area contributed by atoms with Crippen molar-refractivity contribution in [2.24, 2.45) is 10.9 Å². The molecule has 2 atom stereocenters. The lowest BCUT2D eigenvalue weighted by molar-refractivity contribution is -0.0237. The molecule has 2 N–H and O–H groups in total. The number of hydrogen-bond acceptors (Lipinski definition) is 7. The van der Waals surface area contributed by atoms with Crippen LogP contribution in [-0.2, 0) is 4.84 Å². The van der Waals surface area contributed by atoms with E-state index in [2.05, 4.69) is 11.1 Å². The SMILES string of the molecule is CC1Oc2cc(cnc2N)C2=C(C#N)CC(C(C)C)N=C2ON(C)C(=O)c2ccc(F)cc21. The molecular formula is C24H24FN5O3. The Morgan fingerprint density at radius 3 is 2.79 bits per heavy atom. The molecule has 8 nitrogen and oxygen atoms in total. The van der Waals surface area contributed by atoms with Crippen molar-refractivity contribution in [1.29, 1.82) is 5.26 Å². The molecule has 1 aromatic heterocycles. The third-order valence-electron chi connectivity index (χ3n) is 5.78. The predicted octanol–water partition coefficient (Wildman–Crippen LogP) is 4.06. The highest BCUT2D eigenvalue weighted by molar-refractivity contribution is 6.22. The van der Waals surface area contributed by atoms with Gasteiger partial charge in [0.2, 0.25) is 0 Å². The molecule has 1 amide bonds. The Morgan fingerprint density at radius 2 is 2.09 bits per heavy atom. The number of aliphatic imine (C=N–C) groups is 1. The Balaban J connectivity index is 1.95. The van der Waals surface area contributed by atoms with Crippen molar-refractivity contribution in [3.63, 3.8) is 0 Å². The highest BCUT2D eigenvalue weighted by Crippen LogP contribution is 2.36. The smallest absolute Gasteiger partial charge is 0.286 e.